The number of unbranched alkanes of at least 4 members (excludes halogenated alkanes) is 18. The van der Waals surface area contributed by atoms with E-state index in [0.29, 0.717) is 13.0 Å². The van der Waals surface area contributed by atoms with E-state index in [1.807, 2.05) is 0 Å². The van der Waals surface area contributed by atoms with Gasteiger partial charge in [0.15, 0.2) is 6.29 Å². The third-order valence-electron chi connectivity index (χ3n) is 12.2. The number of aliphatic hydroxyl groups is 4. The second-order valence-electron chi connectivity index (χ2n) is 18.6. The molecular formula is C61H102O9. The van der Waals surface area contributed by atoms with E-state index in [1.165, 1.54) is 83.5 Å². The second-order valence-corrected chi connectivity index (χ2v) is 18.6. The van der Waals surface area contributed by atoms with Gasteiger partial charge in [-0.25, -0.2) is 0 Å². The Kier molecular flexibility index (Phi) is 47.1. The highest BCUT2D eigenvalue weighted by Crippen LogP contribution is 2.23. The average Bonchev–Trinajstić information content (AvgIpc) is 3.36. The molecular weight excluding hydrogens is 877 g/mol. The maximum atomic E-state index is 12.9. The van der Waals surface area contributed by atoms with Gasteiger partial charge in [0, 0.05) is 13.0 Å². The van der Waals surface area contributed by atoms with Crippen molar-refractivity contribution in [2.24, 2.45) is 0 Å². The Bertz CT molecular complexity index is 1440. The normalized spacial score (nSPS) is 19.8. The van der Waals surface area contributed by atoms with Gasteiger partial charge in [-0.2, -0.15) is 0 Å². The Labute approximate surface area is 427 Å². The second kappa shape index (κ2) is 50.8. The fraction of sp³-hybridized carbons (Fsp3) is 0.689. The Morgan fingerprint density at radius 3 is 1.24 bits per heavy atom. The molecule has 6 unspecified atom stereocenters. The van der Waals surface area contributed by atoms with Crippen LogP contribution in [0.3, 0.4) is 0 Å². The number of allylic oxidation sites excluding steroid dienone is 18. The van der Waals surface area contributed by atoms with Crippen LogP contribution in [0.4, 0.5) is 0 Å². The number of esters is 1. The van der Waals surface area contributed by atoms with Crippen LogP contribution in [0.15, 0.2) is 109 Å². The van der Waals surface area contributed by atoms with Gasteiger partial charge in [0.25, 0.3) is 0 Å². The molecule has 0 bridgehead atoms. The van der Waals surface area contributed by atoms with Crippen LogP contribution >= 0.6 is 0 Å². The van der Waals surface area contributed by atoms with Crippen molar-refractivity contribution in [3.8, 4) is 0 Å². The quantitative estimate of drug-likeness (QED) is 0.0267. The maximum absolute atomic E-state index is 12.9. The largest absolute Gasteiger partial charge is 0.457 e. The minimum absolute atomic E-state index is 0.127. The molecule has 9 heteroatoms. The molecule has 70 heavy (non-hydrogen) atoms. The topological polar surface area (TPSA) is 135 Å². The van der Waals surface area contributed by atoms with Gasteiger partial charge in [-0.15, -0.1) is 0 Å². The number of ether oxygens (including phenoxy) is 4. The lowest BCUT2D eigenvalue weighted by atomic mass is 9.99. The first-order valence-electron chi connectivity index (χ1n) is 28.0. The molecule has 4 N–H and O–H groups in total. The minimum Gasteiger partial charge on any atom is -0.457 e. The highest BCUT2D eigenvalue weighted by Gasteiger charge is 2.44. The van der Waals surface area contributed by atoms with Gasteiger partial charge in [-0.05, 0) is 96.3 Å². The van der Waals surface area contributed by atoms with Crippen molar-refractivity contribution in [1.29, 1.82) is 0 Å². The van der Waals surface area contributed by atoms with E-state index < -0.39 is 43.4 Å². The zero-order chi connectivity index (χ0) is 50.6. The van der Waals surface area contributed by atoms with Crippen molar-refractivity contribution in [1.82, 2.24) is 0 Å². The molecule has 1 aliphatic rings. The monoisotopic (exact) mass is 979 g/mol. The highest BCUT2D eigenvalue weighted by molar-refractivity contribution is 5.69. The van der Waals surface area contributed by atoms with Crippen LogP contribution in [0.5, 0.6) is 0 Å². The summed E-state index contributed by atoms with van der Waals surface area (Å²) < 4.78 is 22.9. The Morgan fingerprint density at radius 1 is 0.457 bits per heavy atom. The molecule has 6 atom stereocenters. The third kappa shape index (κ3) is 40.4. The molecule has 0 aromatic heterocycles. The molecule has 0 radical (unpaired) electrons. The van der Waals surface area contributed by atoms with Crippen LogP contribution in [-0.4, -0.2) is 89.6 Å². The number of carbonyl (C=O) groups is 1. The summed E-state index contributed by atoms with van der Waals surface area (Å²) in [6, 6.07) is 0. The molecule has 0 saturated carbocycles. The lowest BCUT2D eigenvalue weighted by Crippen LogP contribution is -2.59. The van der Waals surface area contributed by atoms with Gasteiger partial charge >= 0.3 is 5.97 Å². The van der Waals surface area contributed by atoms with E-state index in [0.717, 1.165) is 103 Å². The number of rotatable bonds is 47. The van der Waals surface area contributed by atoms with Crippen molar-refractivity contribution in [2.75, 3.05) is 26.4 Å². The molecule has 0 amide bonds. The smallest absolute Gasteiger partial charge is 0.306 e. The van der Waals surface area contributed by atoms with Crippen molar-refractivity contribution >= 4 is 5.97 Å². The summed E-state index contributed by atoms with van der Waals surface area (Å²) in [5.41, 5.74) is 0. The molecule has 0 spiro atoms. The van der Waals surface area contributed by atoms with Crippen LogP contribution in [0, 0.1) is 0 Å². The first kappa shape index (κ1) is 64.9. The van der Waals surface area contributed by atoms with Gasteiger partial charge in [-0.1, -0.05) is 213 Å². The predicted molar refractivity (Wildman–Crippen MR) is 293 cm³/mol. The zero-order valence-corrected chi connectivity index (χ0v) is 44.2. The summed E-state index contributed by atoms with van der Waals surface area (Å²) in [6.07, 6.45) is 65.5. The standard InChI is InChI=1S/C61H102O9/c1-3-5-7-9-11-13-15-17-19-21-23-25-27-28-29-30-32-34-36-38-40-42-44-46-48-50-57(63)69-55(54-68-61-60(66)59(65)58(64)56(52-62)70-61)53-67-51-49-47-45-43-41-39-37-35-33-31-26-24-22-20-18-16-14-12-10-8-6-4-2/h5-8,11-14,17-20,23-26,33,35,55-56,58-62,64-66H,3-4,9-10,15-16,21-22,27-32,34,36-54H2,1-2H3/b7-5-,8-6-,13-11-,14-12-,19-17-,20-18-,25-23-,26-24-,35-33-. The Balaban J connectivity index is 2.19. The van der Waals surface area contributed by atoms with Crippen molar-refractivity contribution in [2.45, 2.75) is 243 Å². The maximum Gasteiger partial charge on any atom is 0.306 e. The van der Waals surface area contributed by atoms with E-state index in [1.54, 1.807) is 0 Å². The van der Waals surface area contributed by atoms with Gasteiger partial charge in [-0.3, -0.25) is 4.79 Å². The SMILES string of the molecule is CC/C=C\C/C=C\C/C=C\C/C=C\C/C=C\CCCCCCCCOCC(COC1OC(CO)C(O)C(O)C1O)OC(=O)CCCCCCCCCCCCCC/C=C\C/C=C\C/C=C\C/C=C\CC. The lowest BCUT2D eigenvalue weighted by Gasteiger charge is -2.39. The summed E-state index contributed by atoms with van der Waals surface area (Å²) in [5.74, 6) is -0.325. The van der Waals surface area contributed by atoms with E-state index in [2.05, 4.69) is 123 Å². The number of hydrogen-bond donors (Lipinski definition) is 4. The molecule has 1 rings (SSSR count). The van der Waals surface area contributed by atoms with Crippen LogP contribution in [-0.2, 0) is 23.7 Å². The van der Waals surface area contributed by atoms with Crippen molar-refractivity contribution in [3.05, 3.63) is 109 Å². The third-order valence-corrected chi connectivity index (χ3v) is 12.2. The Hall–Kier alpha value is -3.15. The summed E-state index contributed by atoms with van der Waals surface area (Å²) in [6.45, 7) is 4.30. The van der Waals surface area contributed by atoms with E-state index in [4.69, 9.17) is 18.9 Å². The molecule has 1 aliphatic heterocycles. The molecule has 0 aliphatic carbocycles. The molecule has 1 saturated heterocycles. The first-order valence-corrected chi connectivity index (χ1v) is 28.0. The summed E-state index contributed by atoms with van der Waals surface area (Å²) in [4.78, 5) is 12.9. The van der Waals surface area contributed by atoms with Gasteiger partial charge in [0.2, 0.25) is 0 Å². The van der Waals surface area contributed by atoms with E-state index in [9.17, 15) is 25.2 Å². The van der Waals surface area contributed by atoms with Gasteiger partial charge in [0.1, 0.15) is 30.5 Å². The van der Waals surface area contributed by atoms with Gasteiger partial charge in [0.05, 0.1) is 19.8 Å². The number of aliphatic hydroxyl groups excluding tert-OH is 4. The summed E-state index contributed by atoms with van der Waals surface area (Å²) in [5, 5.41) is 40.3. The molecule has 9 nitrogen and oxygen atoms in total. The zero-order valence-electron chi connectivity index (χ0n) is 44.2. The van der Waals surface area contributed by atoms with Crippen molar-refractivity contribution in [3.63, 3.8) is 0 Å². The van der Waals surface area contributed by atoms with Crippen molar-refractivity contribution < 1.29 is 44.2 Å². The van der Waals surface area contributed by atoms with Crippen LogP contribution in [0.1, 0.15) is 206 Å². The molecule has 0 aromatic carbocycles. The lowest BCUT2D eigenvalue weighted by molar-refractivity contribution is -0.305. The van der Waals surface area contributed by atoms with Crippen LogP contribution in [0.2, 0.25) is 0 Å². The molecule has 1 fully saturated rings. The minimum atomic E-state index is -1.55. The Morgan fingerprint density at radius 2 is 0.829 bits per heavy atom. The molecule has 400 valence electrons. The number of carbonyl (C=O) groups excluding carboxylic acids is 1. The van der Waals surface area contributed by atoms with Gasteiger partial charge < -0.3 is 39.4 Å². The predicted octanol–water partition coefficient (Wildman–Crippen LogP) is 14.5. The highest BCUT2D eigenvalue weighted by atomic mass is 16.7. The average molecular weight is 979 g/mol. The van der Waals surface area contributed by atoms with Crippen LogP contribution in [0.25, 0.3) is 0 Å². The summed E-state index contributed by atoms with van der Waals surface area (Å²) in [7, 11) is 0. The van der Waals surface area contributed by atoms with E-state index >= 15 is 0 Å². The first-order chi connectivity index (χ1) is 34.4. The van der Waals surface area contributed by atoms with E-state index in [-0.39, 0.29) is 19.2 Å². The number of hydrogen-bond acceptors (Lipinski definition) is 9. The fourth-order valence-electron chi connectivity index (χ4n) is 7.92. The molecule has 1 heterocycles. The van der Waals surface area contributed by atoms with Crippen LogP contribution < -0.4 is 0 Å². The molecule has 0 aromatic rings. The fourth-order valence-corrected chi connectivity index (χ4v) is 7.92. The summed E-state index contributed by atoms with van der Waals surface area (Å²) >= 11 is 0.